The van der Waals surface area contributed by atoms with Gasteiger partial charge in [0, 0.05) is 7.11 Å². The highest BCUT2D eigenvalue weighted by atomic mass is 16.5. The van der Waals surface area contributed by atoms with Gasteiger partial charge in [0.25, 0.3) is 0 Å². The van der Waals surface area contributed by atoms with E-state index in [4.69, 9.17) is 4.74 Å². The number of hydrogen-bond donors (Lipinski definition) is 1. The minimum Gasteiger partial charge on any atom is -0.377 e. The average molecular weight is 228 g/mol. The lowest BCUT2D eigenvalue weighted by Gasteiger charge is -2.32. The number of Topliss-reactive ketones (excluding diaryl/α,β-unsaturated/α-hetero) is 1. The maximum absolute atomic E-state index is 11.5. The molecule has 0 aromatic heterocycles. The molecule has 1 atom stereocenters. The van der Waals surface area contributed by atoms with Crippen LogP contribution in [0, 0.1) is 0 Å². The van der Waals surface area contributed by atoms with E-state index in [9.17, 15) is 14.4 Å². The van der Waals surface area contributed by atoms with E-state index in [2.05, 4.69) is 5.32 Å². The van der Waals surface area contributed by atoms with E-state index in [0.717, 1.165) is 0 Å². The van der Waals surface area contributed by atoms with Gasteiger partial charge in [0.05, 0.1) is 19.1 Å². The molecule has 0 saturated carbocycles. The Morgan fingerprint density at radius 1 is 1.56 bits per heavy atom. The van der Waals surface area contributed by atoms with Gasteiger partial charge in [0.2, 0.25) is 11.8 Å². The summed E-state index contributed by atoms with van der Waals surface area (Å²) in [6.07, 6.45) is 0.569. The van der Waals surface area contributed by atoms with Gasteiger partial charge in [0.15, 0.2) is 5.78 Å². The maximum atomic E-state index is 11.5. The number of carbonyl (C=O) groups is 3. The minimum absolute atomic E-state index is 0.00272. The van der Waals surface area contributed by atoms with E-state index in [1.807, 2.05) is 6.92 Å². The number of methoxy groups -OCH3 is 1. The highest BCUT2D eigenvalue weighted by Gasteiger charge is 2.33. The van der Waals surface area contributed by atoms with Crippen LogP contribution in [0.25, 0.3) is 0 Å². The molecule has 0 bridgehead atoms. The molecule has 1 fully saturated rings. The van der Waals surface area contributed by atoms with Crippen molar-refractivity contribution < 1.29 is 19.1 Å². The quantitative estimate of drug-likeness (QED) is 0.607. The van der Waals surface area contributed by atoms with Crippen LogP contribution in [0.15, 0.2) is 0 Å². The third kappa shape index (κ3) is 3.11. The smallest absolute Gasteiger partial charge is 0.243 e. The molecule has 0 aromatic carbocycles. The maximum Gasteiger partial charge on any atom is 0.243 e. The average Bonchev–Trinajstić information content (AvgIpc) is 2.17. The highest BCUT2D eigenvalue weighted by Crippen LogP contribution is 2.08. The molecule has 1 N–H and O–H groups in total. The van der Waals surface area contributed by atoms with Crippen LogP contribution >= 0.6 is 0 Å². The number of nitrogens with zero attached hydrogens (tertiary/aromatic N) is 1. The summed E-state index contributed by atoms with van der Waals surface area (Å²) in [6, 6.07) is -0.404. The normalized spacial score (nSPS) is 22.0. The number of hydrogen-bond acceptors (Lipinski definition) is 5. The van der Waals surface area contributed by atoms with Crippen molar-refractivity contribution in [2.24, 2.45) is 0 Å². The summed E-state index contributed by atoms with van der Waals surface area (Å²) in [5.41, 5.74) is 0. The zero-order valence-electron chi connectivity index (χ0n) is 9.49. The molecule has 16 heavy (non-hydrogen) atoms. The predicted molar refractivity (Wildman–Crippen MR) is 55.7 cm³/mol. The standard InChI is InChI=1S/C10H16N2O4/c1-3-8-10(15)11-9(14)5-12(8)4-7(13)6-16-2/h8H,3-6H2,1-2H3,(H,11,14,15). The van der Waals surface area contributed by atoms with Gasteiger partial charge in [-0.15, -0.1) is 0 Å². The first-order valence-corrected chi connectivity index (χ1v) is 5.16. The Morgan fingerprint density at radius 3 is 2.81 bits per heavy atom. The van der Waals surface area contributed by atoms with Crippen molar-refractivity contribution >= 4 is 17.6 Å². The zero-order valence-corrected chi connectivity index (χ0v) is 9.49. The fourth-order valence-electron chi connectivity index (χ4n) is 1.76. The molecule has 90 valence electrons. The summed E-state index contributed by atoms with van der Waals surface area (Å²) < 4.78 is 4.71. The Kier molecular flexibility index (Phi) is 4.57. The molecular weight excluding hydrogens is 212 g/mol. The first-order chi connectivity index (χ1) is 7.58. The number of ether oxygens (including phenoxy) is 1. The van der Waals surface area contributed by atoms with Crippen molar-refractivity contribution in [2.45, 2.75) is 19.4 Å². The van der Waals surface area contributed by atoms with E-state index >= 15 is 0 Å². The van der Waals surface area contributed by atoms with Crippen LogP contribution in [0.2, 0.25) is 0 Å². The first-order valence-electron chi connectivity index (χ1n) is 5.16. The van der Waals surface area contributed by atoms with Gasteiger partial charge in [-0.2, -0.15) is 0 Å². The fraction of sp³-hybridized carbons (Fsp3) is 0.700. The summed E-state index contributed by atoms with van der Waals surface area (Å²) in [7, 11) is 1.43. The molecule has 0 radical (unpaired) electrons. The SMILES string of the molecule is CCC1C(=O)NC(=O)CN1CC(=O)COC. The lowest BCUT2D eigenvalue weighted by molar-refractivity contribution is -0.141. The molecule has 6 nitrogen and oxygen atoms in total. The van der Waals surface area contributed by atoms with Crippen molar-refractivity contribution in [1.82, 2.24) is 10.2 Å². The summed E-state index contributed by atoms with van der Waals surface area (Å²) in [5, 5.41) is 2.25. The summed E-state index contributed by atoms with van der Waals surface area (Å²) >= 11 is 0. The summed E-state index contributed by atoms with van der Waals surface area (Å²) in [5.74, 6) is -0.827. The number of piperazine rings is 1. The van der Waals surface area contributed by atoms with Crippen LogP contribution in [-0.4, -0.2) is 55.3 Å². The molecule has 2 amide bonds. The predicted octanol–water partition coefficient (Wildman–Crippen LogP) is -1.06. The van der Waals surface area contributed by atoms with Gasteiger partial charge >= 0.3 is 0 Å². The van der Waals surface area contributed by atoms with Crippen molar-refractivity contribution in [1.29, 1.82) is 0 Å². The van der Waals surface area contributed by atoms with E-state index in [1.54, 1.807) is 4.90 Å². The van der Waals surface area contributed by atoms with E-state index in [1.165, 1.54) is 7.11 Å². The van der Waals surface area contributed by atoms with Gasteiger partial charge in [-0.1, -0.05) is 6.92 Å². The fourth-order valence-corrected chi connectivity index (χ4v) is 1.76. The number of ketones is 1. The van der Waals surface area contributed by atoms with Crippen LogP contribution in [0.1, 0.15) is 13.3 Å². The number of carbonyl (C=O) groups excluding carboxylic acids is 3. The van der Waals surface area contributed by atoms with Crippen molar-refractivity contribution in [3.05, 3.63) is 0 Å². The van der Waals surface area contributed by atoms with Crippen molar-refractivity contribution in [3.63, 3.8) is 0 Å². The molecule has 6 heteroatoms. The van der Waals surface area contributed by atoms with Crippen molar-refractivity contribution in [2.75, 3.05) is 26.8 Å². The molecule has 1 aliphatic heterocycles. The Morgan fingerprint density at radius 2 is 2.25 bits per heavy atom. The van der Waals surface area contributed by atoms with Crippen LogP contribution in [0.3, 0.4) is 0 Å². The Hall–Kier alpha value is -1.27. The van der Waals surface area contributed by atoms with Gasteiger partial charge < -0.3 is 4.74 Å². The highest BCUT2D eigenvalue weighted by molar-refractivity contribution is 6.01. The van der Waals surface area contributed by atoms with Crippen LogP contribution in [0.4, 0.5) is 0 Å². The molecule has 1 saturated heterocycles. The number of nitrogens with one attached hydrogen (secondary N) is 1. The monoisotopic (exact) mass is 228 g/mol. The second-order valence-corrected chi connectivity index (χ2v) is 3.71. The molecule has 1 heterocycles. The molecule has 0 spiro atoms. The van der Waals surface area contributed by atoms with E-state index in [-0.39, 0.29) is 37.3 Å². The Balaban J connectivity index is 2.63. The summed E-state index contributed by atoms with van der Waals surface area (Å²) in [6.45, 7) is 2.00. The van der Waals surface area contributed by atoms with Gasteiger partial charge in [0.1, 0.15) is 6.61 Å². The topological polar surface area (TPSA) is 75.7 Å². The first kappa shape index (κ1) is 12.8. The van der Waals surface area contributed by atoms with Crippen LogP contribution in [-0.2, 0) is 19.1 Å². The molecule has 0 aliphatic carbocycles. The van der Waals surface area contributed by atoms with E-state index in [0.29, 0.717) is 6.42 Å². The Bertz CT molecular complexity index is 303. The molecule has 1 aliphatic rings. The zero-order chi connectivity index (χ0) is 12.1. The number of rotatable bonds is 5. The number of imide groups is 1. The van der Waals surface area contributed by atoms with Gasteiger partial charge in [-0.05, 0) is 6.42 Å². The van der Waals surface area contributed by atoms with Gasteiger partial charge in [-0.3, -0.25) is 24.6 Å². The van der Waals surface area contributed by atoms with Crippen LogP contribution in [0.5, 0.6) is 0 Å². The molecule has 1 rings (SSSR count). The molecule has 0 aromatic rings. The van der Waals surface area contributed by atoms with Gasteiger partial charge in [-0.25, -0.2) is 0 Å². The summed E-state index contributed by atoms with van der Waals surface area (Å²) in [4.78, 5) is 35.6. The second kappa shape index (κ2) is 5.72. The third-order valence-corrected chi connectivity index (χ3v) is 2.42. The van der Waals surface area contributed by atoms with Crippen molar-refractivity contribution in [3.8, 4) is 0 Å². The van der Waals surface area contributed by atoms with E-state index < -0.39 is 6.04 Å². The molecular formula is C10H16N2O4. The second-order valence-electron chi connectivity index (χ2n) is 3.71. The minimum atomic E-state index is -0.404. The Labute approximate surface area is 93.9 Å². The lowest BCUT2D eigenvalue weighted by Crippen LogP contribution is -2.58. The van der Waals surface area contributed by atoms with Crippen LogP contribution < -0.4 is 5.32 Å². The third-order valence-electron chi connectivity index (χ3n) is 2.42. The number of amides is 2. The molecule has 1 unspecified atom stereocenters. The largest absolute Gasteiger partial charge is 0.377 e. The lowest BCUT2D eigenvalue weighted by atomic mass is 10.1.